The second-order valence-corrected chi connectivity index (χ2v) is 4.71. The van der Waals surface area contributed by atoms with E-state index in [1.165, 1.54) is 18.4 Å². The van der Waals surface area contributed by atoms with Crippen LogP contribution >= 0.6 is 11.6 Å². The minimum atomic E-state index is 0.560. The number of benzene rings is 1. The maximum Gasteiger partial charge on any atom is 0.0843 e. The summed E-state index contributed by atoms with van der Waals surface area (Å²) in [4.78, 5) is 0. The van der Waals surface area contributed by atoms with Gasteiger partial charge in [-0.15, -0.1) is 0 Å². The van der Waals surface area contributed by atoms with Crippen LogP contribution in [0.25, 0.3) is 0 Å². The average Bonchev–Trinajstić information content (AvgIpc) is 2.91. The highest BCUT2D eigenvalue weighted by atomic mass is 35.5. The lowest BCUT2D eigenvalue weighted by molar-refractivity contribution is 0.192. The lowest BCUT2D eigenvalue weighted by Crippen LogP contribution is -2.28. The predicted molar refractivity (Wildman–Crippen MR) is 56.7 cm³/mol. The molecule has 1 aromatic rings. The molecule has 3 atom stereocenters. The van der Waals surface area contributed by atoms with E-state index in [1.54, 1.807) is 0 Å². The van der Waals surface area contributed by atoms with Crippen LogP contribution in [0.5, 0.6) is 0 Å². The highest BCUT2D eigenvalue weighted by Gasteiger charge is 2.43. The molecule has 0 bridgehead atoms. The van der Waals surface area contributed by atoms with Crippen LogP contribution in [-0.2, 0) is 4.74 Å². The van der Waals surface area contributed by atoms with Crippen molar-refractivity contribution in [3.63, 3.8) is 0 Å². The van der Waals surface area contributed by atoms with Crippen molar-refractivity contribution in [1.82, 2.24) is 0 Å². The van der Waals surface area contributed by atoms with E-state index in [2.05, 4.69) is 12.1 Å². The fraction of sp³-hybridized carbons (Fsp3) is 0.500. The van der Waals surface area contributed by atoms with Gasteiger partial charge < -0.3 is 4.74 Å². The minimum absolute atomic E-state index is 0.560. The van der Waals surface area contributed by atoms with Gasteiger partial charge in [0.05, 0.1) is 12.7 Å². The number of hydrogen-bond acceptors (Lipinski definition) is 1. The molecule has 14 heavy (non-hydrogen) atoms. The Kier molecular flexibility index (Phi) is 2.03. The van der Waals surface area contributed by atoms with E-state index in [0.29, 0.717) is 6.10 Å². The van der Waals surface area contributed by atoms with E-state index in [4.69, 9.17) is 16.3 Å². The van der Waals surface area contributed by atoms with E-state index in [9.17, 15) is 0 Å². The smallest absolute Gasteiger partial charge is 0.0843 e. The zero-order chi connectivity index (χ0) is 9.54. The molecule has 0 amide bonds. The predicted octanol–water partition coefficient (Wildman–Crippen LogP) is 3.23. The van der Waals surface area contributed by atoms with Crippen molar-refractivity contribution in [2.24, 2.45) is 5.92 Å². The Morgan fingerprint density at radius 1 is 1.14 bits per heavy atom. The van der Waals surface area contributed by atoms with Gasteiger partial charge in [0.15, 0.2) is 0 Å². The van der Waals surface area contributed by atoms with Gasteiger partial charge in [-0.2, -0.15) is 0 Å². The number of ether oxygens (including phenoxy) is 1. The Bertz CT molecular complexity index is 329. The molecule has 1 heterocycles. The summed E-state index contributed by atoms with van der Waals surface area (Å²) in [5.41, 5.74) is 1.43. The Hall–Kier alpha value is -0.530. The molecule has 1 aliphatic carbocycles. The van der Waals surface area contributed by atoms with Gasteiger partial charge in [-0.1, -0.05) is 23.7 Å². The monoisotopic (exact) mass is 208 g/mol. The molecule has 1 saturated carbocycles. The normalized spacial score (nSPS) is 35.1. The topological polar surface area (TPSA) is 12.5 Å². The molecule has 3 unspecified atom stereocenters. The molecule has 3 rings (SSSR count). The van der Waals surface area contributed by atoms with Crippen molar-refractivity contribution in [1.29, 1.82) is 0 Å². The van der Waals surface area contributed by atoms with E-state index in [-0.39, 0.29) is 0 Å². The zero-order valence-corrected chi connectivity index (χ0v) is 8.70. The van der Waals surface area contributed by atoms with Gasteiger partial charge in [-0.25, -0.2) is 0 Å². The molecule has 2 aliphatic rings. The zero-order valence-electron chi connectivity index (χ0n) is 7.95. The van der Waals surface area contributed by atoms with Crippen molar-refractivity contribution < 1.29 is 4.74 Å². The summed E-state index contributed by atoms with van der Waals surface area (Å²) in [6, 6.07) is 8.28. The maximum absolute atomic E-state index is 5.86. The van der Waals surface area contributed by atoms with Crippen molar-refractivity contribution in [3.05, 3.63) is 34.9 Å². The molecule has 1 saturated heterocycles. The Balaban J connectivity index is 1.78. The fourth-order valence-corrected chi connectivity index (χ4v) is 2.52. The highest BCUT2D eigenvalue weighted by Crippen LogP contribution is 2.48. The molecule has 74 valence electrons. The highest BCUT2D eigenvalue weighted by molar-refractivity contribution is 6.30. The van der Waals surface area contributed by atoms with Gasteiger partial charge in [0.25, 0.3) is 0 Å². The van der Waals surface area contributed by atoms with Crippen LogP contribution in [0.3, 0.4) is 0 Å². The number of epoxide rings is 1. The first kappa shape index (κ1) is 8.75. The quantitative estimate of drug-likeness (QED) is 0.680. The van der Waals surface area contributed by atoms with Crippen LogP contribution in [0.2, 0.25) is 5.02 Å². The summed E-state index contributed by atoms with van der Waals surface area (Å²) >= 11 is 5.86. The van der Waals surface area contributed by atoms with Crippen LogP contribution in [-0.4, -0.2) is 12.7 Å². The summed E-state index contributed by atoms with van der Waals surface area (Å²) < 4.78 is 5.36. The summed E-state index contributed by atoms with van der Waals surface area (Å²) in [5, 5.41) is 0.826. The van der Waals surface area contributed by atoms with Gasteiger partial charge in [-0.05, 0) is 42.4 Å². The molecule has 0 spiro atoms. The second-order valence-electron chi connectivity index (χ2n) is 4.27. The largest absolute Gasteiger partial charge is 0.373 e. The molecule has 0 N–H and O–H groups in total. The molecular weight excluding hydrogens is 196 g/mol. The number of halogens is 1. The number of rotatable bonds is 2. The van der Waals surface area contributed by atoms with Crippen LogP contribution in [0.15, 0.2) is 24.3 Å². The van der Waals surface area contributed by atoms with Crippen LogP contribution < -0.4 is 0 Å². The summed E-state index contributed by atoms with van der Waals surface area (Å²) in [6.45, 7) is 0.981. The first-order valence-electron chi connectivity index (χ1n) is 5.21. The van der Waals surface area contributed by atoms with Crippen molar-refractivity contribution in [3.8, 4) is 0 Å². The van der Waals surface area contributed by atoms with E-state index >= 15 is 0 Å². The average molecular weight is 209 g/mol. The fourth-order valence-electron chi connectivity index (χ4n) is 2.40. The third-order valence-electron chi connectivity index (χ3n) is 3.46. The van der Waals surface area contributed by atoms with Crippen LogP contribution in [0, 0.1) is 5.92 Å². The van der Waals surface area contributed by atoms with E-state index < -0.39 is 0 Å². The number of hydrogen-bond donors (Lipinski definition) is 0. The molecular formula is C12H13ClO. The van der Waals surface area contributed by atoms with Gasteiger partial charge in [0.2, 0.25) is 0 Å². The van der Waals surface area contributed by atoms with Crippen molar-refractivity contribution in [2.45, 2.75) is 24.9 Å². The van der Waals surface area contributed by atoms with Gasteiger partial charge in [0, 0.05) is 5.02 Å². The molecule has 0 radical (unpaired) electrons. The summed E-state index contributed by atoms with van der Waals surface area (Å²) in [6.07, 6.45) is 3.20. The van der Waals surface area contributed by atoms with E-state index in [1.807, 2.05) is 12.1 Å². The lowest BCUT2D eigenvalue weighted by atomic mass is 9.68. The second kappa shape index (κ2) is 3.25. The standard InChI is InChI=1S/C12H13ClO/c13-9-3-1-8(2-4-9)10-5-6-11(10)12-7-14-12/h1-4,10-12H,5-7H2. The van der Waals surface area contributed by atoms with Gasteiger partial charge >= 0.3 is 0 Å². The Labute approximate surface area is 89.0 Å². The molecule has 0 aromatic heterocycles. The summed E-state index contributed by atoms with van der Waals surface area (Å²) in [5.74, 6) is 1.50. The van der Waals surface area contributed by atoms with Crippen molar-refractivity contribution >= 4 is 11.6 Å². The SMILES string of the molecule is Clc1ccc(C2CCC2C2CO2)cc1. The van der Waals surface area contributed by atoms with Crippen LogP contribution in [0.4, 0.5) is 0 Å². The molecule has 2 fully saturated rings. The minimum Gasteiger partial charge on any atom is -0.373 e. The van der Waals surface area contributed by atoms with Crippen LogP contribution in [0.1, 0.15) is 24.3 Å². The Morgan fingerprint density at radius 2 is 1.86 bits per heavy atom. The van der Waals surface area contributed by atoms with Gasteiger partial charge in [0.1, 0.15) is 0 Å². The third-order valence-corrected chi connectivity index (χ3v) is 3.71. The first-order valence-corrected chi connectivity index (χ1v) is 5.59. The summed E-state index contributed by atoms with van der Waals surface area (Å²) in [7, 11) is 0. The first-order chi connectivity index (χ1) is 6.84. The van der Waals surface area contributed by atoms with E-state index in [0.717, 1.165) is 23.5 Å². The van der Waals surface area contributed by atoms with Gasteiger partial charge in [-0.3, -0.25) is 0 Å². The molecule has 2 heteroatoms. The molecule has 1 aromatic carbocycles. The maximum atomic E-state index is 5.86. The lowest BCUT2D eigenvalue weighted by Gasteiger charge is -2.36. The molecule has 1 nitrogen and oxygen atoms in total. The van der Waals surface area contributed by atoms with Crippen molar-refractivity contribution in [2.75, 3.05) is 6.61 Å². The molecule has 1 aliphatic heterocycles. The Morgan fingerprint density at radius 3 is 2.36 bits per heavy atom. The third kappa shape index (κ3) is 1.45.